The highest BCUT2D eigenvalue weighted by Gasteiger charge is 2.38. The minimum Gasteiger partial charge on any atom is -0.414 e. The number of ether oxygens (including phenoxy) is 1. The van der Waals surface area contributed by atoms with Crippen molar-refractivity contribution in [3.63, 3.8) is 0 Å². The van der Waals surface area contributed by atoms with Gasteiger partial charge in [-0.25, -0.2) is 0 Å². The van der Waals surface area contributed by atoms with E-state index in [0.29, 0.717) is 5.25 Å². The Morgan fingerprint density at radius 1 is 1.30 bits per heavy atom. The normalized spacial score (nSPS) is 23.0. The van der Waals surface area contributed by atoms with Crippen molar-refractivity contribution in [1.29, 1.82) is 0 Å². The van der Waals surface area contributed by atoms with E-state index in [4.69, 9.17) is 9.16 Å². The van der Waals surface area contributed by atoms with Gasteiger partial charge in [0, 0.05) is 16.8 Å². The van der Waals surface area contributed by atoms with Gasteiger partial charge < -0.3 is 9.16 Å². The molecule has 1 aliphatic heterocycles. The van der Waals surface area contributed by atoms with Crippen molar-refractivity contribution in [3.05, 3.63) is 29.8 Å². The molecule has 1 heterocycles. The Kier molecular flexibility index (Phi) is 6.40. The molecule has 2 nitrogen and oxygen atoms in total. The third kappa shape index (κ3) is 5.63. The molecule has 0 spiro atoms. The third-order valence-electron chi connectivity index (χ3n) is 5.05. The zero-order valence-corrected chi connectivity index (χ0v) is 17.3. The van der Waals surface area contributed by atoms with E-state index < -0.39 is 8.32 Å². The van der Waals surface area contributed by atoms with Gasteiger partial charge in [0.2, 0.25) is 0 Å². The molecule has 2 atom stereocenters. The first-order chi connectivity index (χ1) is 10.7. The number of hydrogen-bond acceptors (Lipinski definition) is 3. The molecule has 1 aromatic carbocycles. The lowest BCUT2D eigenvalue weighted by Crippen LogP contribution is -2.44. The first-order valence-electron chi connectivity index (χ1n) is 8.66. The average Bonchev–Trinajstić information content (AvgIpc) is 2.44. The summed E-state index contributed by atoms with van der Waals surface area (Å²) >= 11 is 2.00. The Balaban J connectivity index is 1.86. The number of benzene rings is 1. The van der Waals surface area contributed by atoms with Crippen LogP contribution < -0.4 is 0 Å². The highest BCUT2D eigenvalue weighted by atomic mass is 32.2. The smallest absolute Gasteiger partial charge is 0.192 e. The molecule has 130 valence electrons. The topological polar surface area (TPSA) is 18.5 Å². The highest BCUT2D eigenvalue weighted by molar-refractivity contribution is 8.00. The van der Waals surface area contributed by atoms with Gasteiger partial charge in [0.15, 0.2) is 8.32 Å². The fraction of sp³-hybridized carbons (Fsp3) is 0.684. The minimum atomic E-state index is -1.68. The lowest BCUT2D eigenvalue weighted by molar-refractivity contribution is -0.0116. The fourth-order valence-electron chi connectivity index (χ4n) is 2.47. The molecule has 0 radical (unpaired) electrons. The van der Waals surface area contributed by atoms with Crippen LogP contribution in [0.1, 0.15) is 39.2 Å². The van der Waals surface area contributed by atoms with E-state index in [0.717, 1.165) is 26.1 Å². The van der Waals surface area contributed by atoms with Gasteiger partial charge in [-0.1, -0.05) is 38.5 Å². The van der Waals surface area contributed by atoms with E-state index in [9.17, 15) is 0 Å². The summed E-state index contributed by atoms with van der Waals surface area (Å²) in [6.45, 7) is 15.3. The molecule has 2 rings (SSSR count). The summed E-state index contributed by atoms with van der Waals surface area (Å²) in [5.74, 6) is 0. The van der Waals surface area contributed by atoms with Gasteiger partial charge in [0.25, 0.3) is 0 Å². The van der Waals surface area contributed by atoms with E-state index in [-0.39, 0.29) is 11.1 Å². The number of aryl methyl sites for hydroxylation is 1. The molecule has 0 N–H and O–H groups in total. The second-order valence-electron chi connectivity index (χ2n) is 8.14. The summed E-state index contributed by atoms with van der Waals surface area (Å²) in [5.41, 5.74) is 1.33. The Bertz CT molecular complexity index is 510. The SMILES string of the molecule is Cc1cccc(SC2CCOC(CO[Si](C)(C)C(C)(C)C)C2)c1. The van der Waals surface area contributed by atoms with Crippen molar-refractivity contribution in [1.82, 2.24) is 0 Å². The van der Waals surface area contributed by atoms with Crippen molar-refractivity contribution in [3.8, 4) is 0 Å². The monoisotopic (exact) mass is 352 g/mol. The Morgan fingerprint density at radius 2 is 2.04 bits per heavy atom. The molecule has 1 aliphatic rings. The van der Waals surface area contributed by atoms with Crippen LogP contribution in [0.25, 0.3) is 0 Å². The molecule has 1 aromatic rings. The molecule has 23 heavy (non-hydrogen) atoms. The van der Waals surface area contributed by atoms with Gasteiger partial charge in [-0.05, 0) is 50.0 Å². The molecule has 0 amide bonds. The number of hydrogen-bond donors (Lipinski definition) is 0. The Labute approximate surface area is 147 Å². The molecule has 0 bridgehead atoms. The number of rotatable bonds is 5. The standard InChI is InChI=1S/C19H32O2SSi/c1-15-8-7-9-17(12-15)22-18-10-11-20-16(13-18)14-21-23(5,6)19(2,3)4/h7-9,12,16,18H,10-11,13-14H2,1-6H3. The lowest BCUT2D eigenvalue weighted by Gasteiger charge is -2.38. The van der Waals surface area contributed by atoms with Gasteiger partial charge in [0.05, 0.1) is 12.7 Å². The van der Waals surface area contributed by atoms with Crippen LogP contribution in [0.15, 0.2) is 29.2 Å². The zero-order valence-electron chi connectivity index (χ0n) is 15.5. The first-order valence-corrected chi connectivity index (χ1v) is 12.4. The predicted octanol–water partition coefficient (Wildman–Crippen LogP) is 5.66. The molecule has 0 aliphatic carbocycles. The van der Waals surface area contributed by atoms with Crippen LogP contribution in [0.4, 0.5) is 0 Å². The summed E-state index contributed by atoms with van der Waals surface area (Å²) in [6.07, 6.45) is 2.47. The third-order valence-corrected chi connectivity index (χ3v) is 10.8. The second kappa shape index (κ2) is 7.73. The number of thioether (sulfide) groups is 1. The van der Waals surface area contributed by atoms with Gasteiger partial charge in [0.1, 0.15) is 0 Å². The predicted molar refractivity (Wildman–Crippen MR) is 103 cm³/mol. The van der Waals surface area contributed by atoms with Gasteiger partial charge >= 0.3 is 0 Å². The van der Waals surface area contributed by atoms with Gasteiger partial charge in [-0.2, -0.15) is 0 Å². The minimum absolute atomic E-state index is 0.250. The molecule has 1 fully saturated rings. The van der Waals surface area contributed by atoms with Crippen molar-refractivity contribution < 1.29 is 9.16 Å². The quantitative estimate of drug-likeness (QED) is 0.637. The van der Waals surface area contributed by atoms with Crippen molar-refractivity contribution >= 4 is 20.1 Å². The lowest BCUT2D eigenvalue weighted by atomic mass is 10.1. The molecule has 0 aromatic heterocycles. The zero-order chi connectivity index (χ0) is 17.1. The summed E-state index contributed by atoms with van der Waals surface area (Å²) in [7, 11) is -1.68. The van der Waals surface area contributed by atoms with E-state index in [1.54, 1.807) is 0 Å². The maximum atomic E-state index is 6.36. The van der Waals surface area contributed by atoms with Crippen LogP contribution in [-0.4, -0.2) is 32.9 Å². The van der Waals surface area contributed by atoms with Crippen LogP contribution in [-0.2, 0) is 9.16 Å². The Morgan fingerprint density at radius 3 is 2.70 bits per heavy atom. The van der Waals surface area contributed by atoms with Crippen LogP contribution in [0, 0.1) is 6.92 Å². The molecule has 2 unspecified atom stereocenters. The van der Waals surface area contributed by atoms with Crippen LogP contribution in [0.3, 0.4) is 0 Å². The highest BCUT2D eigenvalue weighted by Crippen LogP contribution is 2.37. The van der Waals surface area contributed by atoms with Gasteiger partial charge in [-0.15, -0.1) is 11.8 Å². The van der Waals surface area contributed by atoms with Crippen molar-refractivity contribution in [2.45, 2.75) is 74.9 Å². The van der Waals surface area contributed by atoms with E-state index in [1.807, 2.05) is 11.8 Å². The molecule has 4 heteroatoms. The Hall–Kier alpha value is -0.293. The van der Waals surface area contributed by atoms with E-state index in [2.05, 4.69) is 65.1 Å². The molecule has 0 saturated carbocycles. The maximum absolute atomic E-state index is 6.36. The van der Waals surface area contributed by atoms with Gasteiger partial charge in [-0.3, -0.25) is 0 Å². The van der Waals surface area contributed by atoms with Crippen LogP contribution in [0.2, 0.25) is 18.1 Å². The summed E-state index contributed by atoms with van der Waals surface area (Å²) in [5, 5.41) is 0.899. The molecular weight excluding hydrogens is 320 g/mol. The summed E-state index contributed by atoms with van der Waals surface area (Å²) < 4.78 is 12.3. The molecular formula is C19H32O2SSi. The average molecular weight is 353 g/mol. The van der Waals surface area contributed by atoms with Crippen LogP contribution >= 0.6 is 11.8 Å². The van der Waals surface area contributed by atoms with Crippen molar-refractivity contribution in [2.75, 3.05) is 13.2 Å². The fourth-order valence-corrected chi connectivity index (χ4v) is 4.82. The van der Waals surface area contributed by atoms with Crippen molar-refractivity contribution in [2.24, 2.45) is 0 Å². The first kappa shape index (κ1) is 19.0. The summed E-state index contributed by atoms with van der Waals surface area (Å²) in [6, 6.07) is 8.80. The maximum Gasteiger partial charge on any atom is 0.192 e. The van der Waals surface area contributed by atoms with E-state index >= 15 is 0 Å². The molecule has 1 saturated heterocycles. The van der Waals surface area contributed by atoms with E-state index in [1.165, 1.54) is 10.5 Å². The second-order valence-corrected chi connectivity index (χ2v) is 14.3. The largest absolute Gasteiger partial charge is 0.414 e. The summed E-state index contributed by atoms with van der Waals surface area (Å²) in [4.78, 5) is 1.38. The van der Waals surface area contributed by atoms with Crippen LogP contribution in [0.5, 0.6) is 0 Å².